The Bertz CT molecular complexity index is 115. The number of allylic oxidation sites excluding steroid dienone is 1. The zero-order chi connectivity index (χ0) is 6.41. The fraction of sp³-hybridized carbons (Fsp3) is 0.200. The monoisotopic (exact) mass is 114 g/mol. The standard InChI is InChI=1S/C5H6O3/c1-8-5(7)3-2-4-6/h2-4H,1H3/b3-2+. The molecule has 3 nitrogen and oxygen atoms in total. The second kappa shape index (κ2) is 4.05. The van der Waals surface area contributed by atoms with Crippen LogP contribution in [0.2, 0.25) is 0 Å². The number of carbonyl (C=O) groups excluding carboxylic acids is 2. The number of hydrogen-bond donors (Lipinski definition) is 0. The topological polar surface area (TPSA) is 43.4 Å². The van der Waals surface area contributed by atoms with E-state index < -0.39 is 5.97 Å². The summed E-state index contributed by atoms with van der Waals surface area (Å²) in [7, 11) is 1.25. The van der Waals surface area contributed by atoms with Gasteiger partial charge in [0.2, 0.25) is 0 Å². The Balaban J connectivity index is 3.52. The molecule has 0 aliphatic heterocycles. The van der Waals surface area contributed by atoms with Crippen LogP contribution in [0.3, 0.4) is 0 Å². The average molecular weight is 114 g/mol. The van der Waals surface area contributed by atoms with E-state index in [4.69, 9.17) is 0 Å². The first kappa shape index (κ1) is 6.88. The van der Waals surface area contributed by atoms with E-state index in [9.17, 15) is 9.59 Å². The number of hydrogen-bond acceptors (Lipinski definition) is 3. The summed E-state index contributed by atoms with van der Waals surface area (Å²) in [6, 6.07) is 0. The first-order chi connectivity index (χ1) is 3.81. The van der Waals surface area contributed by atoms with Crippen LogP contribution in [0.1, 0.15) is 0 Å². The molecule has 0 bridgehead atoms. The number of aldehydes is 1. The fourth-order valence-corrected chi connectivity index (χ4v) is 0.186. The summed E-state index contributed by atoms with van der Waals surface area (Å²) >= 11 is 0. The van der Waals surface area contributed by atoms with Crippen LogP contribution in [0.25, 0.3) is 0 Å². The zero-order valence-electron chi connectivity index (χ0n) is 4.46. The molecule has 8 heavy (non-hydrogen) atoms. The smallest absolute Gasteiger partial charge is 0.330 e. The van der Waals surface area contributed by atoms with Crippen molar-refractivity contribution in [3.8, 4) is 0 Å². The molecule has 0 aromatic carbocycles. The molecular formula is C5H6O3. The van der Waals surface area contributed by atoms with Gasteiger partial charge in [-0.25, -0.2) is 4.79 Å². The molecule has 0 fully saturated rings. The van der Waals surface area contributed by atoms with E-state index in [0.717, 1.165) is 12.2 Å². The van der Waals surface area contributed by atoms with E-state index in [1.807, 2.05) is 0 Å². The highest BCUT2D eigenvalue weighted by Crippen LogP contribution is 1.72. The minimum atomic E-state index is -0.517. The van der Waals surface area contributed by atoms with Gasteiger partial charge in [0.05, 0.1) is 7.11 Å². The predicted octanol–water partition coefficient (Wildman–Crippen LogP) is -0.0855. The van der Waals surface area contributed by atoms with Crippen molar-refractivity contribution in [1.82, 2.24) is 0 Å². The fourth-order valence-electron chi connectivity index (χ4n) is 0.186. The molecule has 0 aliphatic rings. The molecule has 3 heteroatoms. The van der Waals surface area contributed by atoms with Gasteiger partial charge in [-0.1, -0.05) is 0 Å². The van der Waals surface area contributed by atoms with Gasteiger partial charge >= 0.3 is 5.97 Å². The van der Waals surface area contributed by atoms with Crippen LogP contribution in [0.5, 0.6) is 0 Å². The third-order valence-corrected chi connectivity index (χ3v) is 0.512. The number of carbonyl (C=O) groups is 2. The second-order valence-corrected chi connectivity index (χ2v) is 1.02. The molecule has 0 heterocycles. The summed E-state index contributed by atoms with van der Waals surface area (Å²) in [5.41, 5.74) is 0. The maximum Gasteiger partial charge on any atom is 0.330 e. The van der Waals surface area contributed by atoms with Gasteiger partial charge in [0.15, 0.2) is 0 Å². The van der Waals surface area contributed by atoms with E-state index in [1.165, 1.54) is 7.11 Å². The summed E-state index contributed by atoms with van der Waals surface area (Å²) in [4.78, 5) is 19.6. The minimum absolute atomic E-state index is 0.511. The molecule has 0 spiro atoms. The van der Waals surface area contributed by atoms with E-state index in [1.54, 1.807) is 0 Å². The van der Waals surface area contributed by atoms with Crippen LogP contribution in [0.15, 0.2) is 12.2 Å². The molecule has 0 unspecified atom stereocenters. The third-order valence-electron chi connectivity index (χ3n) is 0.512. The first-order valence-electron chi connectivity index (χ1n) is 2.01. The minimum Gasteiger partial charge on any atom is -0.466 e. The Hall–Kier alpha value is -1.12. The number of esters is 1. The van der Waals surface area contributed by atoms with Crippen LogP contribution >= 0.6 is 0 Å². The number of ether oxygens (including phenoxy) is 1. The van der Waals surface area contributed by atoms with Crippen LogP contribution in [0.4, 0.5) is 0 Å². The molecule has 0 rings (SSSR count). The van der Waals surface area contributed by atoms with Gasteiger partial charge in [0.25, 0.3) is 0 Å². The largest absolute Gasteiger partial charge is 0.466 e. The summed E-state index contributed by atoms with van der Waals surface area (Å²) in [5, 5.41) is 0. The molecule has 0 saturated carbocycles. The lowest BCUT2D eigenvalue weighted by atomic mass is 10.5. The molecule has 0 radical (unpaired) electrons. The maximum atomic E-state index is 10.1. The van der Waals surface area contributed by atoms with Crippen molar-refractivity contribution in [1.29, 1.82) is 0 Å². The van der Waals surface area contributed by atoms with Crippen molar-refractivity contribution in [2.45, 2.75) is 0 Å². The predicted molar refractivity (Wildman–Crippen MR) is 27.2 cm³/mol. The van der Waals surface area contributed by atoms with E-state index in [2.05, 4.69) is 4.74 Å². The van der Waals surface area contributed by atoms with Gasteiger partial charge in [-0.3, -0.25) is 4.79 Å². The van der Waals surface area contributed by atoms with Crippen molar-refractivity contribution < 1.29 is 14.3 Å². The molecule has 0 saturated heterocycles. The lowest BCUT2D eigenvalue weighted by Gasteiger charge is -1.84. The molecule has 0 aliphatic carbocycles. The van der Waals surface area contributed by atoms with Crippen molar-refractivity contribution in [2.24, 2.45) is 0 Å². The maximum absolute atomic E-state index is 10.1. The Morgan fingerprint density at radius 1 is 1.62 bits per heavy atom. The summed E-state index contributed by atoms with van der Waals surface area (Å²) in [6.45, 7) is 0. The van der Waals surface area contributed by atoms with Crippen LogP contribution in [-0.4, -0.2) is 19.4 Å². The molecule has 0 amide bonds. The zero-order valence-corrected chi connectivity index (χ0v) is 4.46. The molecule has 44 valence electrons. The van der Waals surface area contributed by atoms with Crippen molar-refractivity contribution in [3.05, 3.63) is 12.2 Å². The molecule has 0 aromatic heterocycles. The second-order valence-electron chi connectivity index (χ2n) is 1.02. The summed E-state index contributed by atoms with van der Waals surface area (Å²) in [6.07, 6.45) is 2.63. The van der Waals surface area contributed by atoms with Gasteiger partial charge in [-0.15, -0.1) is 0 Å². The van der Waals surface area contributed by atoms with Gasteiger partial charge in [0, 0.05) is 6.08 Å². The summed E-state index contributed by atoms with van der Waals surface area (Å²) in [5.74, 6) is -0.517. The van der Waals surface area contributed by atoms with Crippen LogP contribution in [0, 0.1) is 0 Å². The van der Waals surface area contributed by atoms with Crippen molar-refractivity contribution >= 4 is 12.3 Å². The molecule has 0 N–H and O–H groups in total. The highest BCUT2D eigenvalue weighted by molar-refractivity contribution is 5.86. The highest BCUT2D eigenvalue weighted by atomic mass is 16.5. The van der Waals surface area contributed by atoms with E-state index in [-0.39, 0.29) is 0 Å². The van der Waals surface area contributed by atoms with Gasteiger partial charge in [-0.05, 0) is 6.08 Å². The van der Waals surface area contributed by atoms with Crippen LogP contribution < -0.4 is 0 Å². The van der Waals surface area contributed by atoms with Crippen molar-refractivity contribution in [3.63, 3.8) is 0 Å². The average Bonchev–Trinajstić information content (AvgIpc) is 1.83. The number of methoxy groups -OCH3 is 1. The number of rotatable bonds is 2. The van der Waals surface area contributed by atoms with Crippen LogP contribution in [-0.2, 0) is 14.3 Å². The molecule has 0 aromatic rings. The van der Waals surface area contributed by atoms with Gasteiger partial charge in [0.1, 0.15) is 6.29 Å². The van der Waals surface area contributed by atoms with E-state index >= 15 is 0 Å². The third kappa shape index (κ3) is 3.08. The highest BCUT2D eigenvalue weighted by Gasteiger charge is 1.85. The molecule has 0 atom stereocenters. The Morgan fingerprint density at radius 2 is 2.25 bits per heavy atom. The normalized spacial score (nSPS) is 9.12. The molecular weight excluding hydrogens is 108 g/mol. The van der Waals surface area contributed by atoms with Gasteiger partial charge in [-0.2, -0.15) is 0 Å². The Labute approximate surface area is 46.9 Å². The lowest BCUT2D eigenvalue weighted by Crippen LogP contribution is -1.93. The van der Waals surface area contributed by atoms with E-state index in [0.29, 0.717) is 6.29 Å². The SMILES string of the molecule is COC(=O)/C=C/C=O. The quantitative estimate of drug-likeness (QED) is 0.286. The van der Waals surface area contributed by atoms with Crippen molar-refractivity contribution in [2.75, 3.05) is 7.11 Å². The lowest BCUT2D eigenvalue weighted by molar-refractivity contribution is -0.135. The van der Waals surface area contributed by atoms with Gasteiger partial charge < -0.3 is 4.74 Å². The first-order valence-corrected chi connectivity index (χ1v) is 2.01. The Kier molecular flexibility index (Phi) is 3.48. The summed E-state index contributed by atoms with van der Waals surface area (Å²) < 4.78 is 4.17. The Morgan fingerprint density at radius 3 is 2.62 bits per heavy atom.